The lowest BCUT2D eigenvalue weighted by Crippen LogP contribution is -2.10. The van der Waals surface area contributed by atoms with Crippen molar-refractivity contribution in [3.8, 4) is 0 Å². The van der Waals surface area contributed by atoms with Crippen molar-refractivity contribution >= 4 is 12.0 Å². The maximum atomic E-state index is 11.5. The maximum absolute atomic E-state index is 11.5. The quantitative estimate of drug-likeness (QED) is 0.564. The van der Waals surface area contributed by atoms with Crippen molar-refractivity contribution in [1.82, 2.24) is 0 Å². The minimum Gasteiger partial charge on any atom is -0.466 e. The highest BCUT2D eigenvalue weighted by Crippen LogP contribution is 2.08. The van der Waals surface area contributed by atoms with Crippen LogP contribution in [0.1, 0.15) is 12.5 Å². The summed E-state index contributed by atoms with van der Waals surface area (Å²) in [5.41, 5.74) is 1.48. The summed E-state index contributed by atoms with van der Waals surface area (Å²) in [6.45, 7) is 2.73. The molecule has 0 unspecified atom stereocenters. The molecule has 0 aliphatic carbocycles. The molecule has 1 aromatic rings. The van der Waals surface area contributed by atoms with E-state index in [1.54, 1.807) is 6.08 Å². The van der Waals surface area contributed by atoms with Crippen LogP contribution < -0.4 is 0 Å². The lowest BCUT2D eigenvalue weighted by atomic mass is 10.1. The second-order valence-corrected chi connectivity index (χ2v) is 3.21. The summed E-state index contributed by atoms with van der Waals surface area (Å²) in [7, 11) is 1.37. The zero-order valence-electron chi connectivity index (χ0n) is 9.60. The number of methoxy groups -OCH3 is 1. The Morgan fingerprint density at radius 1 is 1.31 bits per heavy atom. The summed E-state index contributed by atoms with van der Waals surface area (Å²) in [4.78, 5) is 11.5. The number of benzene rings is 1. The molecular weight excluding hydrogens is 204 g/mol. The molecule has 0 aliphatic rings. The van der Waals surface area contributed by atoms with Crippen molar-refractivity contribution in [2.75, 3.05) is 20.3 Å². The molecule has 86 valence electrons. The van der Waals surface area contributed by atoms with Gasteiger partial charge in [0.1, 0.15) is 0 Å². The molecule has 0 aliphatic heterocycles. The standard InChI is InChI=1S/C13H16O3/c1-3-16-10-12(13(14)15-2)9-11-7-5-4-6-8-11/h4-9H,3,10H2,1-2H3. The van der Waals surface area contributed by atoms with E-state index < -0.39 is 0 Å². The molecule has 0 aromatic heterocycles. The molecule has 0 radical (unpaired) electrons. The van der Waals surface area contributed by atoms with E-state index in [0.29, 0.717) is 12.2 Å². The van der Waals surface area contributed by atoms with Gasteiger partial charge in [0.25, 0.3) is 0 Å². The second-order valence-electron chi connectivity index (χ2n) is 3.21. The molecule has 0 saturated carbocycles. The van der Waals surface area contributed by atoms with E-state index in [-0.39, 0.29) is 12.6 Å². The largest absolute Gasteiger partial charge is 0.466 e. The molecule has 1 aromatic carbocycles. The molecule has 3 nitrogen and oxygen atoms in total. The van der Waals surface area contributed by atoms with Crippen LogP contribution in [0.25, 0.3) is 6.08 Å². The summed E-state index contributed by atoms with van der Waals surface area (Å²) in [6.07, 6.45) is 1.78. The third-order valence-corrected chi connectivity index (χ3v) is 2.05. The Kier molecular flexibility index (Phi) is 5.29. The van der Waals surface area contributed by atoms with Crippen molar-refractivity contribution in [2.45, 2.75) is 6.92 Å². The Hall–Kier alpha value is -1.61. The third-order valence-electron chi connectivity index (χ3n) is 2.05. The summed E-state index contributed by atoms with van der Waals surface area (Å²) in [5.74, 6) is -0.350. The van der Waals surface area contributed by atoms with E-state index in [1.165, 1.54) is 7.11 Å². The molecule has 0 saturated heterocycles. The minimum absolute atomic E-state index is 0.276. The summed E-state index contributed by atoms with van der Waals surface area (Å²) < 4.78 is 9.92. The number of esters is 1. The average Bonchev–Trinajstić information content (AvgIpc) is 2.34. The van der Waals surface area contributed by atoms with Crippen molar-refractivity contribution < 1.29 is 14.3 Å². The lowest BCUT2D eigenvalue weighted by molar-refractivity contribution is -0.136. The number of hydrogen-bond donors (Lipinski definition) is 0. The number of carbonyl (C=O) groups excluding carboxylic acids is 1. The molecule has 1 rings (SSSR count). The highest BCUT2D eigenvalue weighted by molar-refractivity contribution is 5.93. The smallest absolute Gasteiger partial charge is 0.336 e. The summed E-state index contributed by atoms with van der Waals surface area (Å²) in [6, 6.07) is 9.62. The molecule has 0 amide bonds. The fraction of sp³-hybridized carbons (Fsp3) is 0.308. The first-order chi connectivity index (χ1) is 7.77. The van der Waals surface area contributed by atoms with E-state index in [0.717, 1.165) is 5.56 Å². The normalized spacial score (nSPS) is 11.2. The SMILES string of the molecule is CCOCC(=Cc1ccccc1)C(=O)OC. The van der Waals surface area contributed by atoms with Gasteiger partial charge in [-0.25, -0.2) is 4.79 Å². The summed E-state index contributed by atoms with van der Waals surface area (Å²) >= 11 is 0. The maximum Gasteiger partial charge on any atom is 0.336 e. The molecule has 0 atom stereocenters. The Labute approximate surface area is 95.7 Å². The number of hydrogen-bond acceptors (Lipinski definition) is 3. The van der Waals surface area contributed by atoms with Gasteiger partial charge in [-0.1, -0.05) is 30.3 Å². The van der Waals surface area contributed by atoms with Gasteiger partial charge < -0.3 is 9.47 Å². The van der Waals surface area contributed by atoms with Gasteiger partial charge in [-0.2, -0.15) is 0 Å². The van der Waals surface area contributed by atoms with Crippen LogP contribution in [0.3, 0.4) is 0 Å². The van der Waals surface area contributed by atoms with Crippen molar-refractivity contribution in [1.29, 1.82) is 0 Å². The minimum atomic E-state index is -0.350. The van der Waals surface area contributed by atoms with Gasteiger partial charge in [-0.05, 0) is 18.6 Å². The molecule has 3 heteroatoms. The Bertz CT molecular complexity index is 355. The van der Waals surface area contributed by atoms with Crippen LogP contribution in [0.2, 0.25) is 0 Å². The van der Waals surface area contributed by atoms with E-state index in [2.05, 4.69) is 0 Å². The molecule has 0 spiro atoms. The van der Waals surface area contributed by atoms with Crippen LogP contribution in [0, 0.1) is 0 Å². The highest BCUT2D eigenvalue weighted by atomic mass is 16.5. The fourth-order valence-corrected chi connectivity index (χ4v) is 1.25. The number of rotatable bonds is 5. The first-order valence-corrected chi connectivity index (χ1v) is 5.19. The second kappa shape index (κ2) is 6.80. The zero-order chi connectivity index (χ0) is 11.8. The predicted molar refractivity (Wildman–Crippen MR) is 62.9 cm³/mol. The molecule has 0 N–H and O–H groups in total. The summed E-state index contributed by atoms with van der Waals surface area (Å²) in [5, 5.41) is 0. The van der Waals surface area contributed by atoms with E-state index >= 15 is 0 Å². The zero-order valence-corrected chi connectivity index (χ0v) is 9.60. The fourth-order valence-electron chi connectivity index (χ4n) is 1.25. The third kappa shape index (κ3) is 3.87. The van der Waals surface area contributed by atoms with Crippen molar-refractivity contribution in [3.05, 3.63) is 41.5 Å². The van der Waals surface area contributed by atoms with Gasteiger partial charge >= 0.3 is 5.97 Å². The predicted octanol–water partition coefficient (Wildman–Crippen LogP) is 2.28. The van der Waals surface area contributed by atoms with Crippen LogP contribution >= 0.6 is 0 Å². The number of carbonyl (C=O) groups is 1. The van der Waals surface area contributed by atoms with Crippen molar-refractivity contribution in [3.63, 3.8) is 0 Å². The monoisotopic (exact) mass is 220 g/mol. The van der Waals surface area contributed by atoms with Crippen LogP contribution in [0.5, 0.6) is 0 Å². The topological polar surface area (TPSA) is 35.5 Å². The molecule has 16 heavy (non-hydrogen) atoms. The molecule has 0 fully saturated rings. The molecule has 0 heterocycles. The molecular formula is C13H16O3. The van der Waals surface area contributed by atoms with Gasteiger partial charge in [0.05, 0.1) is 19.3 Å². The van der Waals surface area contributed by atoms with Gasteiger partial charge in [0, 0.05) is 6.61 Å². The lowest BCUT2D eigenvalue weighted by Gasteiger charge is -2.05. The van der Waals surface area contributed by atoms with Crippen LogP contribution in [-0.2, 0) is 14.3 Å². The first-order valence-electron chi connectivity index (χ1n) is 5.19. The Morgan fingerprint density at radius 3 is 2.56 bits per heavy atom. The van der Waals surface area contributed by atoms with Crippen molar-refractivity contribution in [2.24, 2.45) is 0 Å². The Morgan fingerprint density at radius 2 is 2.00 bits per heavy atom. The van der Waals surface area contributed by atoms with Gasteiger partial charge in [0.15, 0.2) is 0 Å². The highest BCUT2D eigenvalue weighted by Gasteiger charge is 2.09. The van der Waals surface area contributed by atoms with E-state index in [1.807, 2.05) is 37.3 Å². The van der Waals surface area contributed by atoms with E-state index in [4.69, 9.17) is 9.47 Å². The van der Waals surface area contributed by atoms with Gasteiger partial charge in [0.2, 0.25) is 0 Å². The van der Waals surface area contributed by atoms with Crippen LogP contribution in [0.15, 0.2) is 35.9 Å². The van der Waals surface area contributed by atoms with Gasteiger partial charge in [-0.15, -0.1) is 0 Å². The molecule has 0 bridgehead atoms. The average molecular weight is 220 g/mol. The first kappa shape index (κ1) is 12.5. The van der Waals surface area contributed by atoms with Gasteiger partial charge in [-0.3, -0.25) is 0 Å². The number of ether oxygens (including phenoxy) is 2. The Balaban J connectivity index is 2.83. The van der Waals surface area contributed by atoms with E-state index in [9.17, 15) is 4.79 Å². The van der Waals surface area contributed by atoms with Crippen LogP contribution in [0.4, 0.5) is 0 Å². The van der Waals surface area contributed by atoms with Crippen LogP contribution in [-0.4, -0.2) is 26.3 Å².